The molecule has 0 bridgehead atoms. The lowest BCUT2D eigenvalue weighted by Crippen LogP contribution is -2.39. The molecule has 3 aromatic rings. The van der Waals surface area contributed by atoms with Crippen LogP contribution in [0.5, 0.6) is 11.5 Å². The Morgan fingerprint density at radius 3 is 3.07 bits per heavy atom. The molecule has 1 aliphatic rings. The first-order valence-electron chi connectivity index (χ1n) is 8.96. The van der Waals surface area contributed by atoms with Gasteiger partial charge in [-0.05, 0) is 41.8 Å². The molecule has 2 aromatic heterocycles. The second kappa shape index (κ2) is 7.57. The normalized spacial score (nSPS) is 13.2. The van der Waals surface area contributed by atoms with Gasteiger partial charge >= 0.3 is 0 Å². The Kier molecular flexibility index (Phi) is 4.82. The topological polar surface area (TPSA) is 74.8 Å². The van der Waals surface area contributed by atoms with Crippen LogP contribution in [-0.4, -0.2) is 48.3 Å². The number of ether oxygens (including phenoxy) is 2. The number of hydrogen-bond acceptors (Lipinski definition) is 4. The average Bonchev–Trinajstić information content (AvgIpc) is 3.31. The van der Waals surface area contributed by atoms with Crippen molar-refractivity contribution in [1.82, 2.24) is 20.2 Å². The van der Waals surface area contributed by atoms with Crippen LogP contribution in [-0.2, 0) is 13.0 Å². The summed E-state index contributed by atoms with van der Waals surface area (Å²) in [5.41, 5.74) is 3.32. The second-order valence-corrected chi connectivity index (χ2v) is 6.48. The fourth-order valence-electron chi connectivity index (χ4n) is 3.30. The summed E-state index contributed by atoms with van der Waals surface area (Å²) in [6, 6.07) is 10.1. The Hall–Kier alpha value is -3.22. The van der Waals surface area contributed by atoms with Crippen LogP contribution in [0.25, 0.3) is 11.0 Å². The van der Waals surface area contributed by atoms with E-state index in [0.29, 0.717) is 6.79 Å². The molecule has 0 unspecified atom stereocenters. The van der Waals surface area contributed by atoms with Gasteiger partial charge in [-0.25, -0.2) is 4.98 Å². The van der Waals surface area contributed by atoms with Crippen molar-refractivity contribution >= 4 is 17.0 Å². The summed E-state index contributed by atoms with van der Waals surface area (Å²) in [5, 5.41) is 4.60. The van der Waals surface area contributed by atoms with Crippen molar-refractivity contribution in [2.24, 2.45) is 4.99 Å². The molecule has 0 saturated heterocycles. The van der Waals surface area contributed by atoms with E-state index in [1.165, 1.54) is 10.9 Å². The van der Waals surface area contributed by atoms with Gasteiger partial charge in [0.25, 0.3) is 0 Å². The molecule has 7 nitrogen and oxygen atoms in total. The van der Waals surface area contributed by atoms with E-state index in [0.717, 1.165) is 48.2 Å². The molecule has 0 spiro atoms. The zero-order valence-corrected chi connectivity index (χ0v) is 15.5. The smallest absolute Gasteiger partial charge is 0.231 e. The number of benzene rings is 1. The number of nitrogens with zero attached hydrogens (tertiary/aromatic N) is 3. The van der Waals surface area contributed by atoms with Gasteiger partial charge in [-0.1, -0.05) is 6.07 Å². The van der Waals surface area contributed by atoms with Gasteiger partial charge in [-0.15, -0.1) is 0 Å². The molecule has 0 atom stereocenters. The Labute approximate surface area is 158 Å². The lowest BCUT2D eigenvalue weighted by molar-refractivity contribution is 0.174. The van der Waals surface area contributed by atoms with Crippen molar-refractivity contribution in [2.75, 3.05) is 27.4 Å². The minimum atomic E-state index is 0.293. The Balaban J connectivity index is 1.34. The first kappa shape index (κ1) is 17.2. The van der Waals surface area contributed by atoms with Gasteiger partial charge in [0, 0.05) is 45.0 Å². The molecule has 27 heavy (non-hydrogen) atoms. The highest BCUT2D eigenvalue weighted by atomic mass is 16.7. The van der Waals surface area contributed by atoms with Gasteiger partial charge in [0.1, 0.15) is 5.65 Å². The maximum Gasteiger partial charge on any atom is 0.231 e. The summed E-state index contributed by atoms with van der Waals surface area (Å²) < 4.78 is 10.8. The number of aliphatic imine (C=N–C) groups is 1. The monoisotopic (exact) mass is 365 g/mol. The van der Waals surface area contributed by atoms with Crippen molar-refractivity contribution in [2.45, 2.75) is 13.0 Å². The van der Waals surface area contributed by atoms with Gasteiger partial charge < -0.3 is 24.7 Å². The molecular weight excluding hydrogens is 342 g/mol. The van der Waals surface area contributed by atoms with E-state index in [-0.39, 0.29) is 0 Å². The standard InChI is InChI=1S/C20H23N5O2/c1-21-20(23-9-7-15-11-24-19-16(15)4-3-8-22-19)25(2)12-14-5-6-17-18(10-14)27-13-26-17/h3-6,8,10-11H,7,9,12-13H2,1-2H3,(H,21,23)(H,22,24). The number of pyridine rings is 1. The largest absolute Gasteiger partial charge is 0.454 e. The van der Waals surface area contributed by atoms with E-state index < -0.39 is 0 Å². The molecule has 0 saturated carbocycles. The van der Waals surface area contributed by atoms with Crippen LogP contribution in [0, 0.1) is 0 Å². The molecule has 2 N–H and O–H groups in total. The maximum atomic E-state index is 5.45. The van der Waals surface area contributed by atoms with Gasteiger partial charge in [-0.2, -0.15) is 0 Å². The van der Waals surface area contributed by atoms with Gasteiger partial charge in [0.05, 0.1) is 0 Å². The molecule has 0 amide bonds. The third kappa shape index (κ3) is 3.67. The summed E-state index contributed by atoms with van der Waals surface area (Å²) in [5.74, 6) is 2.46. The van der Waals surface area contributed by atoms with Crippen LogP contribution in [0.15, 0.2) is 47.7 Å². The summed E-state index contributed by atoms with van der Waals surface area (Å²) >= 11 is 0. The quantitative estimate of drug-likeness (QED) is 0.537. The highest BCUT2D eigenvalue weighted by molar-refractivity contribution is 5.81. The average molecular weight is 365 g/mol. The third-order valence-electron chi connectivity index (χ3n) is 4.64. The number of nitrogens with one attached hydrogen (secondary N) is 2. The van der Waals surface area contributed by atoms with Crippen LogP contribution < -0.4 is 14.8 Å². The molecule has 0 fully saturated rings. The number of H-pyrrole nitrogens is 1. The zero-order chi connectivity index (χ0) is 18.6. The van der Waals surface area contributed by atoms with E-state index in [4.69, 9.17) is 9.47 Å². The number of guanidine groups is 1. The Morgan fingerprint density at radius 1 is 1.30 bits per heavy atom. The fraction of sp³-hybridized carbons (Fsp3) is 0.300. The number of rotatable bonds is 5. The molecule has 4 rings (SSSR count). The van der Waals surface area contributed by atoms with Crippen molar-refractivity contribution in [1.29, 1.82) is 0 Å². The Morgan fingerprint density at radius 2 is 2.19 bits per heavy atom. The Bertz CT molecular complexity index is 966. The molecule has 1 aliphatic heterocycles. The number of fused-ring (bicyclic) bond motifs is 2. The molecule has 7 heteroatoms. The highest BCUT2D eigenvalue weighted by Gasteiger charge is 2.14. The number of hydrogen-bond donors (Lipinski definition) is 2. The first-order valence-corrected chi connectivity index (χ1v) is 8.96. The first-order chi connectivity index (χ1) is 13.2. The fourth-order valence-corrected chi connectivity index (χ4v) is 3.30. The van der Waals surface area contributed by atoms with E-state index >= 15 is 0 Å². The van der Waals surface area contributed by atoms with Crippen LogP contribution >= 0.6 is 0 Å². The van der Waals surface area contributed by atoms with Crippen LogP contribution in [0.4, 0.5) is 0 Å². The zero-order valence-electron chi connectivity index (χ0n) is 15.5. The third-order valence-corrected chi connectivity index (χ3v) is 4.64. The van der Waals surface area contributed by atoms with Crippen molar-refractivity contribution in [3.63, 3.8) is 0 Å². The highest BCUT2D eigenvalue weighted by Crippen LogP contribution is 2.32. The van der Waals surface area contributed by atoms with Crippen molar-refractivity contribution < 1.29 is 9.47 Å². The van der Waals surface area contributed by atoms with Crippen LogP contribution in [0.1, 0.15) is 11.1 Å². The second-order valence-electron chi connectivity index (χ2n) is 6.48. The minimum absolute atomic E-state index is 0.293. The van der Waals surface area contributed by atoms with E-state index in [2.05, 4.69) is 37.3 Å². The summed E-state index contributed by atoms with van der Waals surface area (Å²) in [4.78, 5) is 14.0. The van der Waals surface area contributed by atoms with Gasteiger partial charge in [0.2, 0.25) is 6.79 Å². The van der Waals surface area contributed by atoms with Crippen LogP contribution in [0.2, 0.25) is 0 Å². The molecule has 3 heterocycles. The predicted molar refractivity (Wildman–Crippen MR) is 105 cm³/mol. The predicted octanol–water partition coefficient (Wildman–Crippen LogP) is 2.54. The lowest BCUT2D eigenvalue weighted by atomic mass is 10.1. The van der Waals surface area contributed by atoms with Crippen molar-refractivity contribution in [3.8, 4) is 11.5 Å². The molecule has 140 valence electrons. The molecule has 1 aromatic carbocycles. The summed E-state index contributed by atoms with van der Waals surface area (Å²) in [6.45, 7) is 1.81. The van der Waals surface area contributed by atoms with E-state index in [1.807, 2.05) is 31.4 Å². The number of aromatic amines is 1. The molecular formula is C20H23N5O2. The molecule has 0 aliphatic carbocycles. The maximum absolute atomic E-state index is 5.45. The van der Waals surface area contributed by atoms with E-state index in [9.17, 15) is 0 Å². The minimum Gasteiger partial charge on any atom is -0.454 e. The molecule has 0 radical (unpaired) electrons. The van der Waals surface area contributed by atoms with Gasteiger partial charge in [0.15, 0.2) is 17.5 Å². The SMILES string of the molecule is CN=C(NCCc1c[nH]c2ncccc12)N(C)Cc1ccc2c(c1)OCO2. The van der Waals surface area contributed by atoms with E-state index in [1.54, 1.807) is 13.2 Å². The van der Waals surface area contributed by atoms with Gasteiger partial charge in [-0.3, -0.25) is 4.99 Å². The lowest BCUT2D eigenvalue weighted by Gasteiger charge is -2.22. The summed E-state index contributed by atoms with van der Waals surface area (Å²) in [7, 11) is 3.82. The van der Waals surface area contributed by atoms with Crippen LogP contribution in [0.3, 0.4) is 0 Å². The van der Waals surface area contributed by atoms with Crippen molar-refractivity contribution in [3.05, 3.63) is 53.9 Å². The number of aromatic nitrogens is 2. The summed E-state index contributed by atoms with van der Waals surface area (Å²) in [6.07, 6.45) is 4.72.